The Morgan fingerprint density at radius 2 is 1.56 bits per heavy atom. The summed E-state index contributed by atoms with van der Waals surface area (Å²) in [5.41, 5.74) is 1.84. The number of aryl methyl sites for hydroxylation is 2. The van der Waals surface area contributed by atoms with Crippen molar-refractivity contribution in [1.29, 1.82) is 0 Å². The molecular weight excluding hydrogens is 325 g/mol. The van der Waals surface area contributed by atoms with Gasteiger partial charge in [-0.05, 0) is 36.6 Å². The second-order valence-corrected chi connectivity index (χ2v) is 5.93. The van der Waals surface area contributed by atoms with Gasteiger partial charge in [0.25, 0.3) is 0 Å². The maximum Gasteiger partial charge on any atom is 0.167 e. The van der Waals surface area contributed by atoms with E-state index >= 15 is 0 Å². The van der Waals surface area contributed by atoms with Crippen molar-refractivity contribution in [2.24, 2.45) is 0 Å². The van der Waals surface area contributed by atoms with Crippen molar-refractivity contribution in [3.8, 4) is 22.5 Å². The molecule has 0 aliphatic heterocycles. The minimum Gasteiger partial charge on any atom is -0.236 e. The molecule has 0 radical (unpaired) electrons. The molecule has 25 heavy (non-hydrogen) atoms. The first-order valence-electron chi connectivity index (χ1n) is 8.07. The quantitative estimate of drug-likeness (QED) is 0.627. The summed E-state index contributed by atoms with van der Waals surface area (Å²) in [6, 6.07) is 7.85. The van der Waals surface area contributed by atoms with E-state index in [9.17, 15) is 13.2 Å². The Hall–Kier alpha value is -2.69. The highest BCUT2D eigenvalue weighted by molar-refractivity contribution is 5.65. The fourth-order valence-corrected chi connectivity index (χ4v) is 2.68. The summed E-state index contributed by atoms with van der Waals surface area (Å²) in [4.78, 5) is 8.21. The molecular formula is C20H17F3N2. The smallest absolute Gasteiger partial charge is 0.167 e. The van der Waals surface area contributed by atoms with E-state index in [1.165, 1.54) is 24.5 Å². The van der Waals surface area contributed by atoms with E-state index in [0.717, 1.165) is 12.0 Å². The summed E-state index contributed by atoms with van der Waals surface area (Å²) in [6.07, 6.45) is 3.96. The minimum absolute atomic E-state index is 0.0910. The maximum absolute atomic E-state index is 14.3. The number of halogens is 3. The predicted octanol–water partition coefficient (Wildman–Crippen LogP) is 5.49. The first-order valence-corrected chi connectivity index (χ1v) is 8.07. The Labute approximate surface area is 144 Å². The molecule has 1 heterocycles. The van der Waals surface area contributed by atoms with Gasteiger partial charge < -0.3 is 0 Å². The Morgan fingerprint density at radius 3 is 2.20 bits per heavy atom. The summed E-state index contributed by atoms with van der Waals surface area (Å²) in [5.74, 6) is -1.98. The SMILES string of the molecule is CCCc1ccc(-c2cnc(-c3ccc(C)cc3F)nc2)c(F)c1F. The third kappa shape index (κ3) is 3.40. The van der Waals surface area contributed by atoms with Crippen LogP contribution in [0.3, 0.4) is 0 Å². The monoisotopic (exact) mass is 342 g/mol. The topological polar surface area (TPSA) is 25.8 Å². The molecule has 0 unspecified atom stereocenters. The average molecular weight is 342 g/mol. The molecule has 0 fully saturated rings. The zero-order valence-corrected chi connectivity index (χ0v) is 14.0. The van der Waals surface area contributed by atoms with Crippen LogP contribution in [-0.4, -0.2) is 9.97 Å². The molecule has 0 saturated heterocycles. The van der Waals surface area contributed by atoms with Gasteiger partial charge >= 0.3 is 0 Å². The number of rotatable bonds is 4. The van der Waals surface area contributed by atoms with Gasteiger partial charge in [0, 0.05) is 23.5 Å². The van der Waals surface area contributed by atoms with E-state index in [1.807, 2.05) is 6.92 Å². The highest BCUT2D eigenvalue weighted by atomic mass is 19.2. The number of benzene rings is 2. The molecule has 2 aromatic carbocycles. The van der Waals surface area contributed by atoms with E-state index in [2.05, 4.69) is 9.97 Å². The van der Waals surface area contributed by atoms with Gasteiger partial charge in [0.15, 0.2) is 17.5 Å². The van der Waals surface area contributed by atoms with Crippen molar-refractivity contribution in [2.75, 3.05) is 0 Å². The largest absolute Gasteiger partial charge is 0.236 e. The van der Waals surface area contributed by atoms with Crippen LogP contribution in [0, 0.1) is 24.4 Å². The lowest BCUT2D eigenvalue weighted by Crippen LogP contribution is -1.98. The van der Waals surface area contributed by atoms with Gasteiger partial charge in [-0.2, -0.15) is 0 Å². The molecule has 0 bridgehead atoms. The van der Waals surface area contributed by atoms with Crippen LogP contribution in [0.15, 0.2) is 42.7 Å². The third-order valence-electron chi connectivity index (χ3n) is 4.01. The molecule has 0 N–H and O–H groups in total. The van der Waals surface area contributed by atoms with Crippen LogP contribution in [0.25, 0.3) is 22.5 Å². The van der Waals surface area contributed by atoms with Gasteiger partial charge in [0.1, 0.15) is 5.82 Å². The molecule has 0 aliphatic carbocycles. The van der Waals surface area contributed by atoms with Crippen molar-refractivity contribution in [3.05, 3.63) is 71.3 Å². The van der Waals surface area contributed by atoms with Crippen LogP contribution < -0.4 is 0 Å². The summed E-state index contributed by atoms with van der Waals surface area (Å²) >= 11 is 0. The number of hydrogen-bond donors (Lipinski definition) is 0. The second-order valence-electron chi connectivity index (χ2n) is 5.93. The first kappa shape index (κ1) is 17.1. The van der Waals surface area contributed by atoms with E-state index in [1.54, 1.807) is 25.1 Å². The van der Waals surface area contributed by atoms with E-state index < -0.39 is 17.5 Å². The van der Waals surface area contributed by atoms with E-state index in [-0.39, 0.29) is 17.0 Å². The first-order chi connectivity index (χ1) is 12.0. The van der Waals surface area contributed by atoms with E-state index in [4.69, 9.17) is 0 Å². The molecule has 0 atom stereocenters. The van der Waals surface area contributed by atoms with Crippen LogP contribution in [0.1, 0.15) is 24.5 Å². The summed E-state index contributed by atoms with van der Waals surface area (Å²) < 4.78 is 42.4. The van der Waals surface area contributed by atoms with Crippen molar-refractivity contribution < 1.29 is 13.2 Å². The summed E-state index contributed by atoms with van der Waals surface area (Å²) in [6.45, 7) is 3.69. The second kappa shape index (κ2) is 7.05. The summed E-state index contributed by atoms with van der Waals surface area (Å²) in [5, 5.41) is 0. The highest BCUT2D eigenvalue weighted by Crippen LogP contribution is 2.27. The Bertz CT molecular complexity index is 906. The van der Waals surface area contributed by atoms with Gasteiger partial charge in [-0.3, -0.25) is 0 Å². The molecule has 2 nitrogen and oxygen atoms in total. The molecule has 3 aromatic rings. The van der Waals surface area contributed by atoms with Crippen LogP contribution in [-0.2, 0) is 6.42 Å². The van der Waals surface area contributed by atoms with Gasteiger partial charge in [0.2, 0.25) is 0 Å². The lowest BCUT2D eigenvalue weighted by molar-refractivity contribution is 0.500. The lowest BCUT2D eigenvalue weighted by atomic mass is 10.0. The zero-order valence-electron chi connectivity index (χ0n) is 14.0. The van der Waals surface area contributed by atoms with Gasteiger partial charge in [-0.25, -0.2) is 23.1 Å². The molecule has 1 aromatic heterocycles. The van der Waals surface area contributed by atoms with Crippen LogP contribution >= 0.6 is 0 Å². The molecule has 128 valence electrons. The Balaban J connectivity index is 1.96. The summed E-state index contributed by atoms with van der Waals surface area (Å²) in [7, 11) is 0. The van der Waals surface area contributed by atoms with Crippen molar-refractivity contribution in [2.45, 2.75) is 26.7 Å². The fourth-order valence-electron chi connectivity index (χ4n) is 2.68. The third-order valence-corrected chi connectivity index (χ3v) is 4.01. The van der Waals surface area contributed by atoms with Crippen LogP contribution in [0.5, 0.6) is 0 Å². The van der Waals surface area contributed by atoms with Gasteiger partial charge in [-0.1, -0.05) is 31.5 Å². The molecule has 0 spiro atoms. The van der Waals surface area contributed by atoms with Gasteiger partial charge in [-0.15, -0.1) is 0 Å². The molecule has 5 heteroatoms. The molecule has 0 saturated carbocycles. The minimum atomic E-state index is -0.913. The zero-order chi connectivity index (χ0) is 18.0. The predicted molar refractivity (Wildman–Crippen MR) is 91.5 cm³/mol. The van der Waals surface area contributed by atoms with Crippen molar-refractivity contribution in [1.82, 2.24) is 9.97 Å². The number of aromatic nitrogens is 2. The van der Waals surface area contributed by atoms with E-state index in [0.29, 0.717) is 17.5 Å². The molecule has 0 amide bonds. The highest BCUT2D eigenvalue weighted by Gasteiger charge is 2.15. The van der Waals surface area contributed by atoms with Crippen LogP contribution in [0.4, 0.5) is 13.2 Å². The molecule has 3 rings (SSSR count). The Kier molecular flexibility index (Phi) is 4.83. The van der Waals surface area contributed by atoms with Crippen molar-refractivity contribution in [3.63, 3.8) is 0 Å². The van der Waals surface area contributed by atoms with Crippen LogP contribution in [0.2, 0.25) is 0 Å². The standard InChI is InChI=1S/C20H17F3N2/c1-3-4-13-6-8-15(19(23)18(13)22)14-10-24-20(25-11-14)16-7-5-12(2)9-17(16)21/h5-11H,3-4H2,1-2H3. The van der Waals surface area contributed by atoms with Gasteiger partial charge in [0.05, 0.1) is 5.56 Å². The van der Waals surface area contributed by atoms with Crippen molar-refractivity contribution >= 4 is 0 Å². The lowest BCUT2D eigenvalue weighted by Gasteiger charge is -2.09. The fraction of sp³-hybridized carbons (Fsp3) is 0.200. The molecule has 0 aliphatic rings. The number of nitrogens with zero attached hydrogens (tertiary/aromatic N) is 2. The average Bonchev–Trinajstić information content (AvgIpc) is 2.60. The number of hydrogen-bond acceptors (Lipinski definition) is 2. The maximum atomic E-state index is 14.3. The normalized spacial score (nSPS) is 10.9. The Morgan fingerprint density at radius 1 is 0.880 bits per heavy atom.